The lowest BCUT2D eigenvalue weighted by molar-refractivity contribution is -0.128. The number of methoxy groups -OCH3 is 1. The average Bonchev–Trinajstić information content (AvgIpc) is 3.13. The summed E-state index contributed by atoms with van der Waals surface area (Å²) in [6, 6.07) is 7.98. The number of aromatic nitrogens is 3. The average molecular weight is 373 g/mol. The van der Waals surface area contributed by atoms with E-state index in [1.165, 1.54) is 11.8 Å². The Balaban J connectivity index is 1.52. The number of rotatable bonds is 7. The molecule has 26 heavy (non-hydrogen) atoms. The highest BCUT2D eigenvalue weighted by Gasteiger charge is 2.23. The van der Waals surface area contributed by atoms with E-state index in [0.717, 1.165) is 29.7 Å². The molecule has 0 saturated carbocycles. The Morgan fingerprint density at radius 1 is 1.31 bits per heavy atom. The fourth-order valence-electron chi connectivity index (χ4n) is 2.93. The Labute approximate surface area is 157 Å². The van der Waals surface area contributed by atoms with Gasteiger partial charge in [0.25, 0.3) is 0 Å². The summed E-state index contributed by atoms with van der Waals surface area (Å²) in [7, 11) is 1.68. The Morgan fingerprint density at radius 3 is 2.81 bits per heavy atom. The topological polar surface area (TPSA) is 63.5 Å². The molecule has 2 heterocycles. The predicted octanol–water partition coefficient (Wildman–Crippen LogP) is 1.91. The van der Waals surface area contributed by atoms with Gasteiger partial charge in [0.15, 0.2) is 5.16 Å². The number of benzene rings is 1. The van der Waals surface area contributed by atoms with Gasteiger partial charge in [0.05, 0.1) is 18.6 Å². The molecule has 1 aliphatic rings. The van der Waals surface area contributed by atoms with Crippen molar-refractivity contribution in [2.24, 2.45) is 0 Å². The third-order valence-corrected chi connectivity index (χ3v) is 5.25. The molecular formula is C18H23N5O2S. The largest absolute Gasteiger partial charge is 0.495 e. The van der Waals surface area contributed by atoms with Crippen LogP contribution in [0.15, 0.2) is 48.4 Å². The van der Waals surface area contributed by atoms with E-state index in [0.29, 0.717) is 25.4 Å². The van der Waals surface area contributed by atoms with E-state index in [4.69, 9.17) is 4.74 Å². The molecule has 2 aromatic rings. The molecule has 0 atom stereocenters. The van der Waals surface area contributed by atoms with Gasteiger partial charge >= 0.3 is 0 Å². The highest BCUT2D eigenvalue weighted by atomic mass is 32.2. The molecule has 3 rings (SSSR count). The summed E-state index contributed by atoms with van der Waals surface area (Å²) >= 11 is 1.42. The second kappa shape index (κ2) is 8.75. The Hall–Kier alpha value is -2.48. The van der Waals surface area contributed by atoms with Crippen molar-refractivity contribution in [3.8, 4) is 5.75 Å². The van der Waals surface area contributed by atoms with Crippen molar-refractivity contribution in [3.05, 3.63) is 43.2 Å². The summed E-state index contributed by atoms with van der Waals surface area (Å²) in [4.78, 5) is 16.7. The molecule has 0 aliphatic carbocycles. The lowest BCUT2D eigenvalue weighted by Gasteiger charge is -2.36. The van der Waals surface area contributed by atoms with Crippen LogP contribution < -0.4 is 9.64 Å². The van der Waals surface area contributed by atoms with Gasteiger partial charge in [0.1, 0.15) is 12.1 Å². The van der Waals surface area contributed by atoms with E-state index in [-0.39, 0.29) is 5.91 Å². The minimum Gasteiger partial charge on any atom is -0.495 e. The van der Waals surface area contributed by atoms with Crippen LogP contribution in [0.3, 0.4) is 0 Å². The Bertz CT molecular complexity index is 756. The predicted molar refractivity (Wildman–Crippen MR) is 103 cm³/mol. The highest BCUT2D eigenvalue weighted by Crippen LogP contribution is 2.28. The summed E-state index contributed by atoms with van der Waals surface area (Å²) in [5.74, 6) is 1.36. The summed E-state index contributed by atoms with van der Waals surface area (Å²) < 4.78 is 7.32. The van der Waals surface area contributed by atoms with E-state index in [2.05, 4.69) is 27.7 Å². The zero-order valence-electron chi connectivity index (χ0n) is 14.9. The van der Waals surface area contributed by atoms with Crippen molar-refractivity contribution in [2.75, 3.05) is 43.9 Å². The minimum absolute atomic E-state index is 0.128. The quantitative estimate of drug-likeness (QED) is 0.546. The van der Waals surface area contributed by atoms with Crippen LogP contribution in [0.1, 0.15) is 0 Å². The van der Waals surface area contributed by atoms with Crippen molar-refractivity contribution in [1.29, 1.82) is 0 Å². The standard InChI is InChI=1S/C18H23N5O2S/c1-3-8-23-14-19-20-18(23)26-13-17(24)22-11-9-21(10-12-22)15-6-4-5-7-16(15)25-2/h3-7,14H,1,8-13H2,2H3. The molecule has 0 bridgehead atoms. The third-order valence-electron chi connectivity index (χ3n) is 4.29. The minimum atomic E-state index is 0.128. The SMILES string of the molecule is C=CCn1cnnc1SCC(=O)N1CCN(c2ccccc2OC)CC1. The fourth-order valence-corrected chi connectivity index (χ4v) is 3.75. The molecule has 1 aromatic carbocycles. The normalized spacial score (nSPS) is 14.3. The van der Waals surface area contributed by atoms with Crippen molar-refractivity contribution in [2.45, 2.75) is 11.7 Å². The number of piperazine rings is 1. The van der Waals surface area contributed by atoms with E-state index in [1.807, 2.05) is 27.7 Å². The number of nitrogens with zero attached hydrogens (tertiary/aromatic N) is 5. The van der Waals surface area contributed by atoms with Crippen LogP contribution in [0, 0.1) is 0 Å². The molecule has 138 valence electrons. The molecule has 0 N–H and O–H groups in total. The van der Waals surface area contributed by atoms with Crippen LogP contribution in [0.25, 0.3) is 0 Å². The number of amides is 1. The number of carbonyl (C=O) groups excluding carboxylic acids is 1. The number of hydrogen-bond acceptors (Lipinski definition) is 6. The molecule has 1 fully saturated rings. The van der Waals surface area contributed by atoms with Crippen molar-refractivity contribution >= 4 is 23.4 Å². The zero-order valence-corrected chi connectivity index (χ0v) is 15.7. The number of ether oxygens (including phenoxy) is 1. The smallest absolute Gasteiger partial charge is 0.233 e. The van der Waals surface area contributed by atoms with Gasteiger partial charge in [0.2, 0.25) is 5.91 Å². The van der Waals surface area contributed by atoms with Gasteiger partial charge in [-0.2, -0.15) is 0 Å². The van der Waals surface area contributed by atoms with Gasteiger partial charge in [-0.3, -0.25) is 4.79 Å². The van der Waals surface area contributed by atoms with Gasteiger partial charge in [-0.25, -0.2) is 0 Å². The monoisotopic (exact) mass is 373 g/mol. The first kappa shape index (κ1) is 18.3. The first-order valence-electron chi connectivity index (χ1n) is 8.50. The van der Waals surface area contributed by atoms with Gasteiger partial charge in [0, 0.05) is 32.7 Å². The molecule has 0 radical (unpaired) electrons. The third kappa shape index (κ3) is 4.19. The fraction of sp³-hybridized carbons (Fsp3) is 0.389. The van der Waals surface area contributed by atoms with E-state index in [1.54, 1.807) is 19.5 Å². The summed E-state index contributed by atoms with van der Waals surface area (Å²) in [5.41, 5.74) is 1.08. The molecule has 8 heteroatoms. The first-order chi connectivity index (χ1) is 12.7. The number of para-hydroxylation sites is 2. The van der Waals surface area contributed by atoms with E-state index >= 15 is 0 Å². The number of anilines is 1. The van der Waals surface area contributed by atoms with Crippen LogP contribution in [0.5, 0.6) is 5.75 Å². The van der Waals surface area contributed by atoms with Crippen LogP contribution in [-0.2, 0) is 11.3 Å². The molecule has 7 nitrogen and oxygen atoms in total. The van der Waals surface area contributed by atoms with Gasteiger partial charge in [-0.1, -0.05) is 30.0 Å². The number of carbonyl (C=O) groups is 1. The number of hydrogen-bond donors (Lipinski definition) is 0. The van der Waals surface area contributed by atoms with Crippen molar-refractivity contribution < 1.29 is 9.53 Å². The second-order valence-electron chi connectivity index (χ2n) is 5.88. The van der Waals surface area contributed by atoms with Crippen LogP contribution in [0.4, 0.5) is 5.69 Å². The zero-order chi connectivity index (χ0) is 18.4. The summed E-state index contributed by atoms with van der Waals surface area (Å²) in [5, 5.41) is 8.69. The molecule has 1 amide bonds. The maximum absolute atomic E-state index is 12.5. The lowest BCUT2D eigenvalue weighted by Crippen LogP contribution is -2.49. The highest BCUT2D eigenvalue weighted by molar-refractivity contribution is 7.99. The summed E-state index contributed by atoms with van der Waals surface area (Å²) in [6.07, 6.45) is 3.44. The van der Waals surface area contributed by atoms with E-state index < -0.39 is 0 Å². The molecule has 1 saturated heterocycles. The Morgan fingerprint density at radius 2 is 2.08 bits per heavy atom. The molecule has 0 spiro atoms. The number of allylic oxidation sites excluding steroid dienone is 1. The maximum Gasteiger partial charge on any atom is 0.233 e. The van der Waals surface area contributed by atoms with Gasteiger partial charge < -0.3 is 19.1 Å². The molecular weight excluding hydrogens is 350 g/mol. The van der Waals surface area contributed by atoms with Crippen LogP contribution in [0.2, 0.25) is 0 Å². The van der Waals surface area contributed by atoms with Crippen molar-refractivity contribution in [3.63, 3.8) is 0 Å². The molecule has 0 unspecified atom stereocenters. The summed E-state index contributed by atoms with van der Waals surface area (Å²) in [6.45, 7) is 7.36. The number of thioether (sulfide) groups is 1. The lowest BCUT2D eigenvalue weighted by atomic mass is 10.2. The van der Waals surface area contributed by atoms with Crippen molar-refractivity contribution in [1.82, 2.24) is 19.7 Å². The molecule has 1 aromatic heterocycles. The van der Waals surface area contributed by atoms with Gasteiger partial charge in [-0.05, 0) is 12.1 Å². The first-order valence-corrected chi connectivity index (χ1v) is 9.48. The van der Waals surface area contributed by atoms with Gasteiger partial charge in [-0.15, -0.1) is 16.8 Å². The van der Waals surface area contributed by atoms with E-state index in [9.17, 15) is 4.79 Å². The van der Waals surface area contributed by atoms with Crippen LogP contribution >= 0.6 is 11.8 Å². The van der Waals surface area contributed by atoms with Crippen LogP contribution in [-0.4, -0.2) is 64.6 Å². The second-order valence-corrected chi connectivity index (χ2v) is 6.83. The molecule has 1 aliphatic heterocycles. The Kier molecular flexibility index (Phi) is 6.17. The maximum atomic E-state index is 12.5.